The van der Waals surface area contributed by atoms with Crippen LogP contribution in [-0.4, -0.2) is 44.4 Å². The summed E-state index contributed by atoms with van der Waals surface area (Å²) in [5.74, 6) is 1.56. The monoisotopic (exact) mass is 322 g/mol. The Balaban J connectivity index is 1.53. The van der Waals surface area contributed by atoms with Crippen LogP contribution in [0.2, 0.25) is 0 Å². The van der Waals surface area contributed by atoms with E-state index in [9.17, 15) is 4.79 Å². The molecule has 0 atom stereocenters. The number of rotatable bonds is 3. The van der Waals surface area contributed by atoms with Gasteiger partial charge >= 0.3 is 6.03 Å². The molecule has 2 aromatic heterocycles. The Morgan fingerprint density at radius 1 is 1.41 bits per heavy atom. The molecule has 2 amide bonds. The Morgan fingerprint density at radius 2 is 2.18 bits per heavy atom. The van der Waals surface area contributed by atoms with Crippen molar-refractivity contribution in [3.63, 3.8) is 0 Å². The molecule has 1 saturated heterocycles. The third-order valence-electron chi connectivity index (χ3n) is 3.66. The van der Waals surface area contributed by atoms with Crippen LogP contribution >= 0.6 is 11.3 Å². The molecule has 0 bridgehead atoms. The van der Waals surface area contributed by atoms with E-state index in [1.807, 2.05) is 13.8 Å². The molecule has 3 heterocycles. The fraction of sp³-hybridized carbons (Fsp3) is 0.615. The third kappa shape index (κ3) is 3.24. The van der Waals surface area contributed by atoms with Crippen LogP contribution in [0.1, 0.15) is 42.4 Å². The highest BCUT2D eigenvalue weighted by Crippen LogP contribution is 2.27. The summed E-state index contributed by atoms with van der Waals surface area (Å²) in [5.41, 5.74) is 0. The van der Waals surface area contributed by atoms with E-state index in [1.165, 1.54) is 11.3 Å². The zero-order valence-electron chi connectivity index (χ0n) is 12.6. The first-order valence-electron chi connectivity index (χ1n) is 7.34. The van der Waals surface area contributed by atoms with Gasteiger partial charge in [-0.05, 0) is 26.2 Å². The van der Waals surface area contributed by atoms with Crippen molar-refractivity contribution in [2.45, 2.75) is 39.0 Å². The molecule has 0 saturated carbocycles. The number of amides is 2. The number of hydrogen-bond acceptors (Lipinski definition) is 7. The fourth-order valence-corrected chi connectivity index (χ4v) is 3.10. The highest BCUT2D eigenvalue weighted by molar-refractivity contribution is 7.15. The second-order valence-corrected chi connectivity index (χ2v) is 6.29. The maximum Gasteiger partial charge on any atom is 0.323 e. The second-order valence-electron chi connectivity index (χ2n) is 5.23. The molecule has 2 aromatic rings. The molecule has 0 spiro atoms. The van der Waals surface area contributed by atoms with E-state index in [0.29, 0.717) is 29.9 Å². The van der Waals surface area contributed by atoms with Crippen molar-refractivity contribution in [3.05, 3.63) is 16.7 Å². The average Bonchev–Trinajstić information content (AvgIpc) is 3.16. The van der Waals surface area contributed by atoms with Crippen molar-refractivity contribution < 1.29 is 9.32 Å². The molecule has 1 N–H and O–H groups in total. The summed E-state index contributed by atoms with van der Waals surface area (Å²) in [6, 6.07) is -0.126. The van der Waals surface area contributed by atoms with E-state index in [-0.39, 0.29) is 11.9 Å². The minimum Gasteiger partial charge on any atom is -0.339 e. The Hall–Kier alpha value is -2.03. The largest absolute Gasteiger partial charge is 0.339 e. The van der Waals surface area contributed by atoms with Gasteiger partial charge in [0.2, 0.25) is 11.0 Å². The van der Waals surface area contributed by atoms with Crippen molar-refractivity contribution in [1.29, 1.82) is 0 Å². The summed E-state index contributed by atoms with van der Waals surface area (Å²) < 4.78 is 5.21. The van der Waals surface area contributed by atoms with E-state index in [0.717, 1.165) is 24.3 Å². The highest BCUT2D eigenvalue weighted by atomic mass is 32.1. The Kier molecular flexibility index (Phi) is 4.32. The number of nitrogens with one attached hydrogen (secondary N) is 1. The molecular weight excluding hydrogens is 304 g/mol. The summed E-state index contributed by atoms with van der Waals surface area (Å²) in [4.78, 5) is 18.3. The summed E-state index contributed by atoms with van der Waals surface area (Å²) in [5, 5.41) is 16.1. The van der Waals surface area contributed by atoms with Crippen molar-refractivity contribution in [3.8, 4) is 0 Å². The van der Waals surface area contributed by atoms with Gasteiger partial charge in [-0.2, -0.15) is 4.98 Å². The zero-order valence-corrected chi connectivity index (χ0v) is 13.4. The van der Waals surface area contributed by atoms with Gasteiger partial charge in [0.15, 0.2) is 5.82 Å². The number of piperidine rings is 1. The van der Waals surface area contributed by atoms with E-state index in [2.05, 4.69) is 25.7 Å². The minimum atomic E-state index is -0.126. The van der Waals surface area contributed by atoms with Crippen LogP contribution in [0, 0.1) is 6.92 Å². The molecular formula is C13H18N6O2S. The van der Waals surface area contributed by atoms with Crippen LogP contribution in [0.3, 0.4) is 0 Å². The maximum absolute atomic E-state index is 12.2. The summed E-state index contributed by atoms with van der Waals surface area (Å²) in [6.45, 7) is 5.15. The van der Waals surface area contributed by atoms with Crippen LogP contribution in [0.5, 0.6) is 0 Å². The number of hydrogen-bond donors (Lipinski definition) is 1. The van der Waals surface area contributed by atoms with Gasteiger partial charge in [0.05, 0.1) is 0 Å². The number of nitrogens with zero attached hydrogens (tertiary/aromatic N) is 5. The molecule has 0 unspecified atom stereocenters. The van der Waals surface area contributed by atoms with E-state index >= 15 is 0 Å². The molecule has 1 aliphatic heterocycles. The van der Waals surface area contributed by atoms with E-state index < -0.39 is 0 Å². The number of anilines is 1. The maximum atomic E-state index is 12.2. The number of carbonyl (C=O) groups is 1. The lowest BCUT2D eigenvalue weighted by molar-refractivity contribution is 0.187. The first-order valence-corrected chi connectivity index (χ1v) is 8.16. The van der Waals surface area contributed by atoms with Crippen LogP contribution in [-0.2, 0) is 6.42 Å². The molecule has 1 fully saturated rings. The Bertz CT molecular complexity index is 647. The quantitative estimate of drug-likeness (QED) is 0.930. The molecule has 22 heavy (non-hydrogen) atoms. The number of carbonyl (C=O) groups excluding carboxylic acids is 1. The molecule has 3 rings (SSSR count). The zero-order chi connectivity index (χ0) is 15.5. The fourth-order valence-electron chi connectivity index (χ4n) is 2.43. The number of aryl methyl sites for hydroxylation is 2. The van der Waals surface area contributed by atoms with Crippen LogP contribution in [0.25, 0.3) is 0 Å². The molecule has 0 aliphatic carbocycles. The van der Waals surface area contributed by atoms with Gasteiger partial charge in [-0.3, -0.25) is 5.32 Å². The van der Waals surface area contributed by atoms with Crippen molar-refractivity contribution >= 4 is 22.5 Å². The van der Waals surface area contributed by atoms with Crippen LogP contribution < -0.4 is 5.32 Å². The lowest BCUT2D eigenvalue weighted by atomic mass is 9.97. The van der Waals surface area contributed by atoms with E-state index in [4.69, 9.17) is 4.52 Å². The number of aromatic nitrogens is 4. The molecule has 0 radical (unpaired) electrons. The smallest absolute Gasteiger partial charge is 0.323 e. The number of likely N-dealkylation sites (tertiary alicyclic amines) is 1. The Morgan fingerprint density at radius 3 is 2.77 bits per heavy atom. The van der Waals surface area contributed by atoms with Gasteiger partial charge in [-0.25, -0.2) is 4.79 Å². The molecule has 8 nitrogen and oxygen atoms in total. The van der Waals surface area contributed by atoms with Crippen LogP contribution in [0.15, 0.2) is 4.52 Å². The predicted octanol–water partition coefficient (Wildman–Crippen LogP) is 2.20. The lowest BCUT2D eigenvalue weighted by Gasteiger charge is -2.29. The summed E-state index contributed by atoms with van der Waals surface area (Å²) in [6.07, 6.45) is 2.47. The van der Waals surface area contributed by atoms with Gasteiger partial charge in [0, 0.05) is 19.0 Å². The number of urea groups is 1. The molecule has 9 heteroatoms. The standard InChI is InChI=1S/C13H18N6O2S/c1-3-10-16-17-12(22-10)15-13(20)19-6-4-9(5-7-19)11-14-8(2)18-21-11/h9H,3-7H2,1-2H3,(H,15,17,20). The summed E-state index contributed by atoms with van der Waals surface area (Å²) >= 11 is 1.41. The first kappa shape index (κ1) is 14.9. The highest BCUT2D eigenvalue weighted by Gasteiger charge is 2.27. The van der Waals surface area contributed by atoms with Crippen LogP contribution in [0.4, 0.5) is 9.93 Å². The minimum absolute atomic E-state index is 0.126. The molecule has 1 aliphatic rings. The topological polar surface area (TPSA) is 97.0 Å². The third-order valence-corrected chi connectivity index (χ3v) is 4.64. The normalized spacial score (nSPS) is 16.0. The van der Waals surface area contributed by atoms with Gasteiger partial charge in [0.25, 0.3) is 0 Å². The predicted molar refractivity (Wildman–Crippen MR) is 80.9 cm³/mol. The van der Waals surface area contributed by atoms with Gasteiger partial charge < -0.3 is 9.42 Å². The van der Waals surface area contributed by atoms with Gasteiger partial charge in [-0.1, -0.05) is 23.4 Å². The first-order chi connectivity index (χ1) is 10.7. The van der Waals surface area contributed by atoms with Crippen molar-refractivity contribution in [2.75, 3.05) is 18.4 Å². The van der Waals surface area contributed by atoms with Gasteiger partial charge in [-0.15, -0.1) is 10.2 Å². The SMILES string of the molecule is CCc1nnc(NC(=O)N2CCC(c3nc(C)no3)CC2)s1. The van der Waals surface area contributed by atoms with Gasteiger partial charge in [0.1, 0.15) is 5.01 Å². The Labute approximate surface area is 131 Å². The molecule has 118 valence electrons. The summed E-state index contributed by atoms with van der Waals surface area (Å²) in [7, 11) is 0. The van der Waals surface area contributed by atoms with E-state index in [1.54, 1.807) is 4.90 Å². The lowest BCUT2D eigenvalue weighted by Crippen LogP contribution is -2.40. The van der Waals surface area contributed by atoms with Crippen molar-refractivity contribution in [2.24, 2.45) is 0 Å². The van der Waals surface area contributed by atoms with Crippen molar-refractivity contribution in [1.82, 2.24) is 25.2 Å². The second kappa shape index (κ2) is 6.39. The molecule has 0 aromatic carbocycles. The average molecular weight is 322 g/mol.